The zero-order valence-electron chi connectivity index (χ0n) is 12.8. The van der Waals surface area contributed by atoms with Crippen LogP contribution in [0.15, 0.2) is 12.1 Å². The van der Waals surface area contributed by atoms with E-state index in [4.69, 9.17) is 9.47 Å². The molecule has 1 aromatic rings. The zero-order valence-corrected chi connectivity index (χ0v) is 12.8. The lowest BCUT2D eigenvalue weighted by Crippen LogP contribution is -2.31. The minimum atomic E-state index is -0.730. The number of aryl methyl sites for hydroxylation is 1. The van der Waals surface area contributed by atoms with Gasteiger partial charge in [-0.15, -0.1) is 0 Å². The Hall–Kier alpha value is -1.59. The van der Waals surface area contributed by atoms with Crippen molar-refractivity contribution in [3.63, 3.8) is 0 Å². The van der Waals surface area contributed by atoms with Crippen molar-refractivity contribution in [1.29, 1.82) is 0 Å². The van der Waals surface area contributed by atoms with Gasteiger partial charge in [0.15, 0.2) is 0 Å². The molecule has 1 amide bonds. The van der Waals surface area contributed by atoms with Gasteiger partial charge in [0, 0.05) is 31.6 Å². The highest BCUT2D eigenvalue weighted by Gasteiger charge is 2.27. The van der Waals surface area contributed by atoms with Crippen LogP contribution in [-0.2, 0) is 16.0 Å². The van der Waals surface area contributed by atoms with E-state index in [0.717, 1.165) is 29.5 Å². The molecule has 0 fully saturated rings. The van der Waals surface area contributed by atoms with Crippen molar-refractivity contribution in [1.82, 2.24) is 5.32 Å². The first kappa shape index (κ1) is 15.8. The summed E-state index contributed by atoms with van der Waals surface area (Å²) in [5.74, 6) is 0.621. The SMILES string of the molecule is CCc1cc(C(O)COC)c2c(c1)C(NC(C)=O)CCO2. The molecule has 2 atom stereocenters. The lowest BCUT2D eigenvalue weighted by molar-refractivity contribution is -0.119. The third kappa shape index (κ3) is 3.54. The van der Waals surface area contributed by atoms with Crippen molar-refractivity contribution in [3.8, 4) is 5.75 Å². The number of carbonyl (C=O) groups is 1. The zero-order chi connectivity index (χ0) is 15.4. The number of aliphatic hydroxyl groups excluding tert-OH is 1. The summed E-state index contributed by atoms with van der Waals surface area (Å²) in [5.41, 5.74) is 2.79. The number of hydrogen-bond donors (Lipinski definition) is 2. The fraction of sp³-hybridized carbons (Fsp3) is 0.562. The Morgan fingerprint density at radius 2 is 2.33 bits per heavy atom. The monoisotopic (exact) mass is 293 g/mol. The van der Waals surface area contributed by atoms with E-state index in [0.29, 0.717) is 12.4 Å². The van der Waals surface area contributed by atoms with Crippen LogP contribution in [0.25, 0.3) is 0 Å². The molecule has 1 aliphatic heterocycles. The summed E-state index contributed by atoms with van der Waals surface area (Å²) in [7, 11) is 1.56. The molecule has 21 heavy (non-hydrogen) atoms. The molecule has 0 radical (unpaired) electrons. The molecule has 0 spiro atoms. The summed E-state index contributed by atoms with van der Waals surface area (Å²) >= 11 is 0. The van der Waals surface area contributed by atoms with Gasteiger partial charge in [-0.25, -0.2) is 0 Å². The second kappa shape index (κ2) is 6.91. The maximum atomic E-state index is 11.4. The van der Waals surface area contributed by atoms with Gasteiger partial charge >= 0.3 is 0 Å². The predicted molar refractivity (Wildman–Crippen MR) is 79.3 cm³/mol. The van der Waals surface area contributed by atoms with Gasteiger partial charge < -0.3 is 19.9 Å². The summed E-state index contributed by atoms with van der Waals surface area (Å²) in [6.07, 6.45) is 0.859. The number of carbonyl (C=O) groups excluding carboxylic acids is 1. The van der Waals surface area contributed by atoms with Crippen LogP contribution in [0.3, 0.4) is 0 Å². The molecule has 0 aromatic heterocycles. The summed E-state index contributed by atoms with van der Waals surface area (Å²) in [6, 6.07) is 3.95. The minimum Gasteiger partial charge on any atom is -0.493 e. The number of methoxy groups -OCH3 is 1. The molecule has 2 N–H and O–H groups in total. The van der Waals surface area contributed by atoms with E-state index < -0.39 is 6.10 Å². The molecule has 5 heteroatoms. The van der Waals surface area contributed by atoms with Gasteiger partial charge in [0.2, 0.25) is 5.91 Å². The number of benzene rings is 1. The molecule has 0 saturated heterocycles. The molecule has 1 aliphatic rings. The molecular weight excluding hydrogens is 270 g/mol. The first-order valence-electron chi connectivity index (χ1n) is 7.30. The van der Waals surface area contributed by atoms with Gasteiger partial charge in [-0.05, 0) is 18.1 Å². The van der Waals surface area contributed by atoms with Crippen LogP contribution in [0.2, 0.25) is 0 Å². The average molecular weight is 293 g/mol. The Morgan fingerprint density at radius 1 is 1.57 bits per heavy atom. The highest BCUT2D eigenvalue weighted by molar-refractivity contribution is 5.73. The fourth-order valence-electron chi connectivity index (χ4n) is 2.69. The fourth-order valence-corrected chi connectivity index (χ4v) is 2.69. The summed E-state index contributed by atoms with van der Waals surface area (Å²) in [5, 5.41) is 13.2. The molecule has 0 aliphatic carbocycles. The Labute approximate surface area is 125 Å². The van der Waals surface area contributed by atoms with E-state index in [2.05, 4.69) is 18.3 Å². The molecule has 116 valence electrons. The number of rotatable bonds is 5. The van der Waals surface area contributed by atoms with Gasteiger partial charge in [0.05, 0.1) is 19.3 Å². The second-order valence-electron chi connectivity index (χ2n) is 5.32. The Kier molecular flexibility index (Phi) is 5.20. The van der Waals surface area contributed by atoms with Crippen LogP contribution in [-0.4, -0.2) is 31.3 Å². The van der Waals surface area contributed by atoms with Crippen LogP contribution >= 0.6 is 0 Å². The quantitative estimate of drug-likeness (QED) is 0.870. The molecular formula is C16H23NO4. The Balaban J connectivity index is 2.45. The van der Waals surface area contributed by atoms with Gasteiger partial charge in [-0.2, -0.15) is 0 Å². The number of nitrogens with one attached hydrogen (secondary N) is 1. The van der Waals surface area contributed by atoms with E-state index in [1.165, 1.54) is 6.92 Å². The van der Waals surface area contributed by atoms with Gasteiger partial charge in [-0.3, -0.25) is 4.79 Å². The van der Waals surface area contributed by atoms with Gasteiger partial charge in [-0.1, -0.05) is 13.0 Å². The van der Waals surface area contributed by atoms with Crippen LogP contribution in [0.4, 0.5) is 0 Å². The van der Waals surface area contributed by atoms with E-state index in [9.17, 15) is 9.90 Å². The largest absolute Gasteiger partial charge is 0.493 e. The van der Waals surface area contributed by atoms with Crippen LogP contribution in [0.5, 0.6) is 5.75 Å². The highest BCUT2D eigenvalue weighted by Crippen LogP contribution is 2.39. The molecule has 1 aromatic carbocycles. The van der Waals surface area contributed by atoms with Gasteiger partial charge in [0.1, 0.15) is 11.9 Å². The maximum Gasteiger partial charge on any atom is 0.217 e. The molecule has 2 unspecified atom stereocenters. The summed E-state index contributed by atoms with van der Waals surface area (Å²) in [4.78, 5) is 11.4. The standard InChI is InChI=1S/C16H23NO4/c1-4-11-7-12-14(17-10(2)18)5-6-21-16(12)13(8-11)15(19)9-20-3/h7-8,14-15,19H,4-6,9H2,1-3H3,(H,17,18). The second-order valence-corrected chi connectivity index (χ2v) is 5.32. The third-order valence-electron chi connectivity index (χ3n) is 3.70. The number of hydrogen-bond acceptors (Lipinski definition) is 4. The van der Waals surface area contributed by atoms with Crippen LogP contribution in [0, 0.1) is 0 Å². The van der Waals surface area contributed by atoms with Crippen molar-refractivity contribution in [2.45, 2.75) is 38.8 Å². The molecule has 1 heterocycles. The lowest BCUT2D eigenvalue weighted by Gasteiger charge is -2.30. The maximum absolute atomic E-state index is 11.4. The summed E-state index contributed by atoms with van der Waals surface area (Å²) < 4.78 is 10.8. The number of ether oxygens (including phenoxy) is 2. The van der Waals surface area contributed by atoms with Crippen LogP contribution < -0.4 is 10.1 Å². The van der Waals surface area contributed by atoms with Gasteiger partial charge in [0.25, 0.3) is 0 Å². The first-order valence-corrected chi connectivity index (χ1v) is 7.30. The average Bonchev–Trinajstić information content (AvgIpc) is 2.46. The van der Waals surface area contributed by atoms with E-state index in [-0.39, 0.29) is 18.6 Å². The van der Waals surface area contributed by atoms with Crippen molar-refractivity contribution < 1.29 is 19.4 Å². The van der Waals surface area contributed by atoms with E-state index in [1.807, 2.05) is 6.07 Å². The molecule has 2 rings (SSSR count). The molecule has 0 bridgehead atoms. The lowest BCUT2D eigenvalue weighted by atomic mass is 9.92. The third-order valence-corrected chi connectivity index (χ3v) is 3.70. The van der Waals surface area contributed by atoms with Crippen molar-refractivity contribution in [2.75, 3.05) is 20.3 Å². The Morgan fingerprint density at radius 3 is 2.95 bits per heavy atom. The smallest absolute Gasteiger partial charge is 0.217 e. The van der Waals surface area contributed by atoms with Crippen molar-refractivity contribution in [3.05, 3.63) is 28.8 Å². The first-order chi connectivity index (χ1) is 10.1. The molecule has 5 nitrogen and oxygen atoms in total. The number of aliphatic hydroxyl groups is 1. The normalized spacial score (nSPS) is 18.6. The van der Waals surface area contributed by atoms with Crippen molar-refractivity contribution >= 4 is 5.91 Å². The summed E-state index contributed by atoms with van der Waals surface area (Å²) in [6.45, 7) is 4.31. The van der Waals surface area contributed by atoms with Crippen LogP contribution in [0.1, 0.15) is 49.1 Å². The van der Waals surface area contributed by atoms with Crippen molar-refractivity contribution in [2.24, 2.45) is 0 Å². The van der Waals surface area contributed by atoms with E-state index >= 15 is 0 Å². The Bertz CT molecular complexity index is 515. The van der Waals surface area contributed by atoms with E-state index in [1.54, 1.807) is 7.11 Å². The number of fused-ring (bicyclic) bond motifs is 1. The minimum absolute atomic E-state index is 0.0614. The topological polar surface area (TPSA) is 67.8 Å². The number of amides is 1. The highest BCUT2D eigenvalue weighted by atomic mass is 16.5. The predicted octanol–water partition coefficient (Wildman–Crippen LogP) is 1.89. The molecule has 0 saturated carbocycles.